The molecule has 0 amide bonds. The maximum atomic E-state index is 15.5. The van der Waals surface area contributed by atoms with E-state index in [2.05, 4.69) is 20.4 Å². The van der Waals surface area contributed by atoms with E-state index < -0.39 is 23.5 Å². The summed E-state index contributed by atoms with van der Waals surface area (Å²) < 4.78 is 27.0. The fourth-order valence-corrected chi connectivity index (χ4v) is 3.48. The number of anilines is 2. The monoisotopic (exact) mass is 538 g/mol. The van der Waals surface area contributed by atoms with Gasteiger partial charge in [-0.25, -0.2) is 14.2 Å². The Morgan fingerprint density at radius 1 is 1.21 bits per heavy atom. The zero-order valence-electron chi connectivity index (χ0n) is 21.2. The molecular weight excluding hydrogens is 511 g/mol. The minimum Gasteiger partial charge on any atom is -0.497 e. The standard InChI is InChI=1S/C23H23FN8O3.C2H4O2/c1-34-14-10-15(18(24)17(11-14)35-2)19(29-13-7-5-12(6-8-13)20(26)27)21-30-23(33)32(31-21)22-16(25)4-3-9-28-22;1-2(3)4/h3-11,19,29H,25H2,1-2H3,(H3,26,27)(H,30,31,33);1H3,(H,3,4)/t19-;/m0./s1. The number of nitrogens with zero attached hydrogens (tertiary/aromatic N) is 3. The van der Waals surface area contributed by atoms with Gasteiger partial charge in [0.25, 0.3) is 5.97 Å². The normalized spacial score (nSPS) is 11.1. The van der Waals surface area contributed by atoms with E-state index in [1.807, 2.05) is 0 Å². The molecular formula is C25H27FN8O5. The van der Waals surface area contributed by atoms with E-state index >= 15 is 4.39 Å². The Kier molecular flexibility index (Phi) is 8.83. The predicted octanol–water partition coefficient (Wildman–Crippen LogP) is 2.27. The van der Waals surface area contributed by atoms with Crippen molar-refractivity contribution in [1.82, 2.24) is 19.7 Å². The number of hydrogen-bond donors (Lipinski definition) is 6. The average Bonchev–Trinajstić information content (AvgIpc) is 3.28. The first-order valence-electron chi connectivity index (χ1n) is 11.3. The van der Waals surface area contributed by atoms with Crippen LogP contribution >= 0.6 is 0 Å². The third-order valence-corrected chi connectivity index (χ3v) is 5.24. The molecule has 0 saturated heterocycles. The van der Waals surface area contributed by atoms with Crippen LogP contribution in [0.1, 0.15) is 29.9 Å². The topological polar surface area (TPSA) is 207 Å². The summed E-state index contributed by atoms with van der Waals surface area (Å²) in [4.78, 5) is 28.6. The fraction of sp³-hybridized carbons (Fsp3) is 0.160. The maximum Gasteiger partial charge on any atom is 0.349 e. The third kappa shape index (κ3) is 6.68. The van der Waals surface area contributed by atoms with Crippen LogP contribution in [0, 0.1) is 11.2 Å². The van der Waals surface area contributed by atoms with Crippen molar-refractivity contribution in [2.24, 2.45) is 5.73 Å². The van der Waals surface area contributed by atoms with Crippen LogP contribution in [0.5, 0.6) is 11.5 Å². The molecule has 4 rings (SSSR count). The quantitative estimate of drug-likeness (QED) is 0.142. The minimum atomic E-state index is -0.985. The van der Waals surface area contributed by atoms with Crippen LogP contribution in [0.25, 0.3) is 5.82 Å². The average molecular weight is 539 g/mol. The Balaban J connectivity index is 0.000000983. The zero-order chi connectivity index (χ0) is 28.7. The van der Waals surface area contributed by atoms with E-state index in [0.717, 1.165) is 11.6 Å². The van der Waals surface area contributed by atoms with Gasteiger partial charge in [-0.15, -0.1) is 5.10 Å². The number of benzene rings is 2. The van der Waals surface area contributed by atoms with Crippen molar-refractivity contribution >= 4 is 23.2 Å². The van der Waals surface area contributed by atoms with Crippen molar-refractivity contribution in [3.8, 4) is 17.3 Å². The molecule has 0 fully saturated rings. The molecule has 8 N–H and O–H groups in total. The molecule has 4 aromatic rings. The van der Waals surface area contributed by atoms with Crippen molar-refractivity contribution in [1.29, 1.82) is 5.41 Å². The second-order valence-corrected chi connectivity index (χ2v) is 7.96. The number of nitrogens with two attached hydrogens (primary N) is 2. The van der Waals surface area contributed by atoms with Crippen LogP contribution in [-0.2, 0) is 4.79 Å². The van der Waals surface area contributed by atoms with Crippen molar-refractivity contribution in [2.45, 2.75) is 13.0 Å². The largest absolute Gasteiger partial charge is 0.497 e. The summed E-state index contributed by atoms with van der Waals surface area (Å²) in [6, 6.07) is 11.7. The van der Waals surface area contributed by atoms with Gasteiger partial charge in [0.15, 0.2) is 23.2 Å². The number of ether oxygens (including phenoxy) is 2. The van der Waals surface area contributed by atoms with Crippen LogP contribution in [0.3, 0.4) is 0 Å². The summed E-state index contributed by atoms with van der Waals surface area (Å²) in [7, 11) is 2.78. The molecule has 0 bridgehead atoms. The van der Waals surface area contributed by atoms with E-state index in [0.29, 0.717) is 17.0 Å². The van der Waals surface area contributed by atoms with Gasteiger partial charge in [-0.2, -0.15) is 4.68 Å². The number of halogens is 1. The number of rotatable bonds is 8. The van der Waals surface area contributed by atoms with Crippen LogP contribution in [0.4, 0.5) is 15.8 Å². The minimum absolute atomic E-state index is 0.0474. The lowest BCUT2D eigenvalue weighted by Gasteiger charge is -2.21. The number of H-pyrrole nitrogens is 1. The van der Waals surface area contributed by atoms with Gasteiger partial charge in [-0.05, 0) is 42.5 Å². The first kappa shape index (κ1) is 28.2. The molecule has 0 aliphatic heterocycles. The van der Waals surface area contributed by atoms with Crippen LogP contribution < -0.4 is 31.9 Å². The molecule has 0 radical (unpaired) electrons. The number of nitrogen functional groups attached to an aromatic ring is 2. The molecule has 1 atom stereocenters. The highest BCUT2D eigenvalue weighted by Gasteiger charge is 2.26. The molecule has 0 unspecified atom stereocenters. The molecule has 0 aliphatic rings. The molecule has 13 nitrogen and oxygen atoms in total. The molecule has 2 heterocycles. The Hall–Kier alpha value is -5.40. The van der Waals surface area contributed by atoms with E-state index in [9.17, 15) is 4.79 Å². The second-order valence-electron chi connectivity index (χ2n) is 7.96. The third-order valence-electron chi connectivity index (χ3n) is 5.24. The van der Waals surface area contributed by atoms with E-state index in [1.165, 1.54) is 32.5 Å². The highest BCUT2D eigenvalue weighted by molar-refractivity contribution is 5.95. The van der Waals surface area contributed by atoms with Crippen molar-refractivity contribution in [3.63, 3.8) is 0 Å². The summed E-state index contributed by atoms with van der Waals surface area (Å²) in [6.07, 6.45) is 1.48. The Morgan fingerprint density at radius 3 is 2.44 bits per heavy atom. The highest BCUT2D eigenvalue weighted by atomic mass is 19.1. The molecule has 2 aromatic heterocycles. The van der Waals surface area contributed by atoms with Crippen LogP contribution in [0.15, 0.2) is 59.5 Å². The summed E-state index contributed by atoms with van der Waals surface area (Å²) in [6.45, 7) is 1.08. The summed E-state index contributed by atoms with van der Waals surface area (Å²) >= 11 is 0. The lowest BCUT2D eigenvalue weighted by Crippen LogP contribution is -2.18. The number of methoxy groups -OCH3 is 2. The fourth-order valence-electron chi connectivity index (χ4n) is 3.48. The van der Waals surface area contributed by atoms with Gasteiger partial charge < -0.3 is 31.4 Å². The highest BCUT2D eigenvalue weighted by Crippen LogP contribution is 2.34. The second kappa shape index (κ2) is 12.2. The smallest absolute Gasteiger partial charge is 0.349 e. The summed E-state index contributed by atoms with van der Waals surface area (Å²) in [5.41, 5.74) is 12.3. The Labute approximate surface area is 221 Å². The van der Waals surface area contributed by atoms with Gasteiger partial charge >= 0.3 is 5.69 Å². The van der Waals surface area contributed by atoms with E-state index in [1.54, 1.807) is 36.4 Å². The molecule has 0 aliphatic carbocycles. The Morgan fingerprint density at radius 2 is 1.87 bits per heavy atom. The maximum absolute atomic E-state index is 15.5. The summed E-state index contributed by atoms with van der Waals surface area (Å²) in [5, 5.41) is 22.5. The van der Waals surface area contributed by atoms with Crippen molar-refractivity contribution < 1.29 is 23.8 Å². The molecule has 204 valence electrons. The predicted molar refractivity (Wildman–Crippen MR) is 142 cm³/mol. The molecule has 39 heavy (non-hydrogen) atoms. The number of hydrogen-bond acceptors (Lipinski definition) is 9. The number of aromatic nitrogens is 4. The SMILES string of the molecule is CC(=O)O.COc1cc(OC)c(F)c([C@H](Nc2ccc(C(=N)N)cc2)c2nn(-c3ncccc3N)c(=O)[nH]2)c1. The molecule has 14 heteroatoms. The van der Waals surface area contributed by atoms with Crippen molar-refractivity contribution in [3.05, 3.63) is 88.0 Å². The van der Waals surface area contributed by atoms with E-state index in [-0.39, 0.29) is 34.5 Å². The van der Waals surface area contributed by atoms with Crippen LogP contribution in [0.2, 0.25) is 0 Å². The van der Waals surface area contributed by atoms with Gasteiger partial charge in [0.05, 0.1) is 19.9 Å². The number of carboxylic acid groups (broad SMARTS) is 1. The van der Waals surface area contributed by atoms with Gasteiger partial charge in [-0.3, -0.25) is 15.2 Å². The lowest BCUT2D eigenvalue weighted by atomic mass is 10.0. The van der Waals surface area contributed by atoms with Crippen LogP contribution in [-0.4, -0.2) is 50.9 Å². The number of pyridine rings is 1. The number of aliphatic carboxylic acids is 1. The summed E-state index contributed by atoms with van der Waals surface area (Å²) in [5.74, 6) is -1.08. The molecule has 0 spiro atoms. The lowest BCUT2D eigenvalue weighted by molar-refractivity contribution is -0.134. The first-order chi connectivity index (χ1) is 18.5. The van der Waals surface area contributed by atoms with Gasteiger partial charge in [-0.1, -0.05) is 0 Å². The number of carboxylic acids is 1. The zero-order valence-corrected chi connectivity index (χ0v) is 21.2. The number of carbonyl (C=O) groups is 1. The van der Waals surface area contributed by atoms with Gasteiger partial charge in [0, 0.05) is 36.0 Å². The first-order valence-corrected chi connectivity index (χ1v) is 11.3. The van der Waals surface area contributed by atoms with E-state index in [4.69, 9.17) is 36.3 Å². The molecule has 2 aromatic carbocycles. The number of amidine groups is 1. The van der Waals surface area contributed by atoms with Gasteiger partial charge in [0.2, 0.25) is 0 Å². The van der Waals surface area contributed by atoms with Crippen molar-refractivity contribution in [2.75, 3.05) is 25.3 Å². The number of aromatic amines is 1. The Bertz CT molecular complexity index is 1530. The molecule has 0 saturated carbocycles. The number of nitrogens with one attached hydrogen (secondary N) is 3. The van der Waals surface area contributed by atoms with Gasteiger partial charge in [0.1, 0.15) is 17.6 Å².